The summed E-state index contributed by atoms with van der Waals surface area (Å²) in [5.41, 5.74) is 5.80. The lowest BCUT2D eigenvalue weighted by Gasteiger charge is -2.08. The van der Waals surface area contributed by atoms with Crippen LogP contribution in [0.3, 0.4) is 0 Å². The molecule has 0 spiro atoms. The van der Waals surface area contributed by atoms with E-state index in [4.69, 9.17) is 17.3 Å². The first kappa shape index (κ1) is 11.8. The van der Waals surface area contributed by atoms with Crippen molar-refractivity contribution in [3.05, 3.63) is 23.2 Å². The molecule has 0 saturated heterocycles. The lowest BCUT2D eigenvalue weighted by Crippen LogP contribution is -2.23. The number of amides is 1. The fourth-order valence-electron chi connectivity index (χ4n) is 1.10. The zero-order valence-corrected chi connectivity index (χ0v) is 9.08. The highest BCUT2D eigenvalue weighted by Crippen LogP contribution is 2.26. The number of phenols is 1. The minimum absolute atomic E-state index is 0.0551. The van der Waals surface area contributed by atoms with Crippen LogP contribution in [-0.2, 0) is 4.79 Å². The zero-order valence-electron chi connectivity index (χ0n) is 8.33. The van der Waals surface area contributed by atoms with E-state index in [0.29, 0.717) is 10.7 Å². The standard InChI is InChI=1S/C10H13ClN2O2/c1-6(12)4-10(15)13-8-3-2-7(11)5-9(8)14/h2-3,5-6,14H,4,12H2,1H3,(H,13,15). The van der Waals surface area contributed by atoms with Gasteiger partial charge in [0.05, 0.1) is 5.69 Å². The van der Waals surface area contributed by atoms with E-state index in [1.165, 1.54) is 12.1 Å². The number of hydrogen-bond acceptors (Lipinski definition) is 3. The van der Waals surface area contributed by atoms with Gasteiger partial charge < -0.3 is 16.2 Å². The third kappa shape index (κ3) is 3.77. The van der Waals surface area contributed by atoms with E-state index < -0.39 is 0 Å². The maximum absolute atomic E-state index is 11.3. The molecule has 5 heteroatoms. The van der Waals surface area contributed by atoms with E-state index in [9.17, 15) is 9.90 Å². The van der Waals surface area contributed by atoms with E-state index in [0.717, 1.165) is 0 Å². The first-order valence-electron chi connectivity index (χ1n) is 4.53. The van der Waals surface area contributed by atoms with Crippen molar-refractivity contribution >= 4 is 23.2 Å². The van der Waals surface area contributed by atoms with Crippen molar-refractivity contribution in [3.63, 3.8) is 0 Å². The number of carbonyl (C=O) groups is 1. The van der Waals surface area contributed by atoms with Crippen LogP contribution in [0, 0.1) is 0 Å². The molecule has 1 rings (SSSR count). The molecule has 0 saturated carbocycles. The van der Waals surface area contributed by atoms with Gasteiger partial charge in [0.15, 0.2) is 0 Å². The number of nitrogens with two attached hydrogens (primary N) is 1. The number of nitrogens with one attached hydrogen (secondary N) is 1. The Bertz CT molecular complexity index is 366. The molecule has 0 bridgehead atoms. The van der Waals surface area contributed by atoms with Crippen molar-refractivity contribution in [1.29, 1.82) is 0 Å². The summed E-state index contributed by atoms with van der Waals surface area (Å²) in [5, 5.41) is 12.4. The molecule has 1 amide bonds. The van der Waals surface area contributed by atoms with E-state index in [-0.39, 0.29) is 24.1 Å². The maximum Gasteiger partial charge on any atom is 0.226 e. The normalized spacial score (nSPS) is 12.2. The second kappa shape index (κ2) is 5.00. The predicted molar refractivity (Wildman–Crippen MR) is 60.0 cm³/mol. The summed E-state index contributed by atoms with van der Waals surface area (Å²) in [6.45, 7) is 1.74. The fourth-order valence-corrected chi connectivity index (χ4v) is 1.27. The minimum Gasteiger partial charge on any atom is -0.506 e. The largest absolute Gasteiger partial charge is 0.506 e. The maximum atomic E-state index is 11.3. The van der Waals surface area contributed by atoms with Gasteiger partial charge >= 0.3 is 0 Å². The number of benzene rings is 1. The monoisotopic (exact) mass is 228 g/mol. The molecule has 1 atom stereocenters. The SMILES string of the molecule is CC(N)CC(=O)Nc1ccc(Cl)cc1O. The van der Waals surface area contributed by atoms with Gasteiger partial charge in [-0.3, -0.25) is 4.79 Å². The Morgan fingerprint density at radius 2 is 2.33 bits per heavy atom. The van der Waals surface area contributed by atoms with Crippen LogP contribution in [0.2, 0.25) is 5.02 Å². The fraction of sp³-hybridized carbons (Fsp3) is 0.300. The number of anilines is 1. The molecule has 0 aliphatic carbocycles. The Balaban J connectivity index is 2.68. The molecule has 1 aromatic rings. The number of rotatable bonds is 3. The summed E-state index contributed by atoms with van der Waals surface area (Å²) in [6.07, 6.45) is 0.210. The molecule has 1 aromatic carbocycles. The predicted octanol–water partition coefficient (Wildman–Crippen LogP) is 1.72. The van der Waals surface area contributed by atoms with Crippen LogP contribution in [0.1, 0.15) is 13.3 Å². The molecule has 0 aliphatic heterocycles. The van der Waals surface area contributed by atoms with E-state index in [1.807, 2.05) is 0 Å². The molecular weight excluding hydrogens is 216 g/mol. The lowest BCUT2D eigenvalue weighted by atomic mass is 10.2. The van der Waals surface area contributed by atoms with E-state index >= 15 is 0 Å². The van der Waals surface area contributed by atoms with Crippen LogP contribution in [0.25, 0.3) is 0 Å². The molecule has 1 unspecified atom stereocenters. The Hall–Kier alpha value is -1.26. The summed E-state index contributed by atoms with van der Waals surface area (Å²) in [6, 6.07) is 4.28. The molecule has 0 aromatic heterocycles. The third-order valence-corrected chi connectivity index (χ3v) is 1.98. The van der Waals surface area contributed by atoms with Crippen molar-refractivity contribution in [1.82, 2.24) is 0 Å². The van der Waals surface area contributed by atoms with Crippen LogP contribution >= 0.6 is 11.6 Å². The lowest BCUT2D eigenvalue weighted by molar-refractivity contribution is -0.116. The van der Waals surface area contributed by atoms with Crippen LogP contribution in [0.4, 0.5) is 5.69 Å². The minimum atomic E-state index is -0.234. The first-order chi connectivity index (χ1) is 6.99. The van der Waals surface area contributed by atoms with Gasteiger partial charge in [-0.25, -0.2) is 0 Å². The van der Waals surface area contributed by atoms with Crippen molar-refractivity contribution in [3.8, 4) is 5.75 Å². The van der Waals surface area contributed by atoms with E-state index in [2.05, 4.69) is 5.32 Å². The summed E-state index contributed by atoms with van der Waals surface area (Å²) >= 11 is 5.65. The van der Waals surface area contributed by atoms with Gasteiger partial charge in [0.1, 0.15) is 5.75 Å². The van der Waals surface area contributed by atoms with Gasteiger partial charge in [-0.2, -0.15) is 0 Å². The van der Waals surface area contributed by atoms with Gasteiger partial charge in [0.25, 0.3) is 0 Å². The highest BCUT2D eigenvalue weighted by atomic mass is 35.5. The van der Waals surface area contributed by atoms with Gasteiger partial charge in [0, 0.05) is 23.6 Å². The molecular formula is C10H13ClN2O2. The molecule has 0 radical (unpaired) electrons. The summed E-state index contributed by atoms with van der Waals surface area (Å²) < 4.78 is 0. The second-order valence-electron chi connectivity index (χ2n) is 3.39. The smallest absolute Gasteiger partial charge is 0.226 e. The molecule has 4 nitrogen and oxygen atoms in total. The second-order valence-corrected chi connectivity index (χ2v) is 3.83. The van der Waals surface area contributed by atoms with Crippen LogP contribution in [0.5, 0.6) is 5.75 Å². The molecule has 15 heavy (non-hydrogen) atoms. The van der Waals surface area contributed by atoms with Crippen molar-refractivity contribution in [2.45, 2.75) is 19.4 Å². The number of hydrogen-bond donors (Lipinski definition) is 3. The van der Waals surface area contributed by atoms with Crippen LogP contribution in [0.15, 0.2) is 18.2 Å². The summed E-state index contributed by atoms with van der Waals surface area (Å²) in [7, 11) is 0. The third-order valence-electron chi connectivity index (χ3n) is 1.74. The van der Waals surface area contributed by atoms with Gasteiger partial charge in [-0.1, -0.05) is 11.6 Å². The van der Waals surface area contributed by atoms with E-state index in [1.54, 1.807) is 13.0 Å². The summed E-state index contributed by atoms with van der Waals surface area (Å²) in [5.74, 6) is -0.289. The molecule has 0 heterocycles. The van der Waals surface area contributed by atoms with Crippen molar-refractivity contribution in [2.24, 2.45) is 5.73 Å². The van der Waals surface area contributed by atoms with Crippen molar-refractivity contribution in [2.75, 3.05) is 5.32 Å². The Kier molecular flexibility index (Phi) is 3.94. The molecule has 82 valence electrons. The topological polar surface area (TPSA) is 75.4 Å². The quantitative estimate of drug-likeness (QED) is 0.690. The summed E-state index contributed by atoms with van der Waals surface area (Å²) in [4.78, 5) is 11.3. The molecule has 0 fully saturated rings. The molecule has 0 aliphatic rings. The zero-order chi connectivity index (χ0) is 11.4. The number of carbonyl (C=O) groups excluding carboxylic acids is 1. The highest BCUT2D eigenvalue weighted by Gasteiger charge is 2.08. The Labute approximate surface area is 93.0 Å². The Morgan fingerprint density at radius 1 is 1.67 bits per heavy atom. The number of aromatic hydroxyl groups is 1. The molecule has 4 N–H and O–H groups in total. The average Bonchev–Trinajstić information content (AvgIpc) is 2.08. The average molecular weight is 229 g/mol. The highest BCUT2D eigenvalue weighted by molar-refractivity contribution is 6.30. The van der Waals surface area contributed by atoms with Crippen molar-refractivity contribution < 1.29 is 9.90 Å². The number of phenolic OH excluding ortho intramolecular Hbond substituents is 1. The van der Waals surface area contributed by atoms with Gasteiger partial charge in [-0.05, 0) is 19.1 Å². The van der Waals surface area contributed by atoms with Crippen LogP contribution < -0.4 is 11.1 Å². The Morgan fingerprint density at radius 3 is 2.87 bits per heavy atom. The first-order valence-corrected chi connectivity index (χ1v) is 4.91. The number of halogens is 1. The van der Waals surface area contributed by atoms with Crippen LogP contribution in [-0.4, -0.2) is 17.1 Å². The van der Waals surface area contributed by atoms with Gasteiger partial charge in [-0.15, -0.1) is 0 Å². The van der Waals surface area contributed by atoms with Gasteiger partial charge in [0.2, 0.25) is 5.91 Å².